The smallest absolute Gasteiger partial charge is 0.255 e. The van der Waals surface area contributed by atoms with E-state index in [1.165, 1.54) is 0 Å². The molecule has 4 aliphatic rings. The molecule has 6 N–H and O–H groups in total. The number of phenolic OH excluding ortho intramolecular Hbond substituents is 1. The fourth-order valence-electron chi connectivity index (χ4n) is 6.72. The number of nitrogens with two attached hydrogens (primary N) is 1. The van der Waals surface area contributed by atoms with E-state index < -0.39 is 75.8 Å². The summed E-state index contributed by atoms with van der Waals surface area (Å²) in [4.78, 5) is 55.1. The SMILES string of the molecule is CN(C)[C@@H]1C(O)=C(C(N)=O)C(=O)C2C(=O)C3=C(O)c4c(O)c(NC(=O)CN5CCCC5)cc(F)c4C[C@H]3C[C@H]21. The number of amides is 2. The van der Waals surface area contributed by atoms with Crippen molar-refractivity contribution in [2.45, 2.75) is 31.7 Å². The van der Waals surface area contributed by atoms with Crippen LogP contribution in [0.15, 0.2) is 23.0 Å². The molecule has 1 aromatic rings. The largest absolute Gasteiger partial charge is 0.510 e. The first kappa shape index (κ1) is 26.8. The normalized spacial score (nSPS) is 27.0. The van der Waals surface area contributed by atoms with Crippen LogP contribution in [0, 0.1) is 23.6 Å². The van der Waals surface area contributed by atoms with Crippen molar-refractivity contribution in [3.63, 3.8) is 0 Å². The number of hydrogen-bond donors (Lipinski definition) is 5. The van der Waals surface area contributed by atoms with Crippen molar-refractivity contribution in [1.82, 2.24) is 9.80 Å². The highest BCUT2D eigenvalue weighted by Gasteiger charge is 2.56. The van der Waals surface area contributed by atoms with Gasteiger partial charge >= 0.3 is 0 Å². The lowest BCUT2D eigenvalue weighted by Gasteiger charge is -2.46. The molecule has 0 bridgehead atoms. The maximum absolute atomic E-state index is 15.3. The predicted octanol–water partition coefficient (Wildman–Crippen LogP) is 1.02. The van der Waals surface area contributed by atoms with E-state index in [2.05, 4.69) is 5.32 Å². The molecule has 0 spiro atoms. The molecule has 39 heavy (non-hydrogen) atoms. The lowest BCUT2D eigenvalue weighted by molar-refractivity contribution is -0.136. The fraction of sp³-hybridized carbons (Fsp3) is 0.481. The number of Topliss-reactive ketones (excluding diaryl/α,β-unsaturated/α-hetero) is 2. The minimum Gasteiger partial charge on any atom is -0.510 e. The number of anilines is 1. The van der Waals surface area contributed by atoms with Crippen molar-refractivity contribution in [2.75, 3.05) is 39.0 Å². The Morgan fingerprint density at radius 3 is 2.44 bits per heavy atom. The summed E-state index contributed by atoms with van der Waals surface area (Å²) in [6, 6.07) is 0.109. The average Bonchev–Trinajstić information content (AvgIpc) is 3.34. The number of fused-ring (bicyclic) bond motifs is 3. The van der Waals surface area contributed by atoms with Crippen LogP contribution in [0.4, 0.5) is 10.1 Å². The van der Waals surface area contributed by atoms with Gasteiger partial charge in [0, 0.05) is 17.2 Å². The number of rotatable bonds is 5. The van der Waals surface area contributed by atoms with Crippen LogP contribution < -0.4 is 11.1 Å². The zero-order chi connectivity index (χ0) is 28.3. The van der Waals surface area contributed by atoms with Gasteiger partial charge in [-0.15, -0.1) is 0 Å². The summed E-state index contributed by atoms with van der Waals surface area (Å²) in [7, 11) is 3.24. The fourth-order valence-corrected chi connectivity index (χ4v) is 6.72. The third-order valence-corrected chi connectivity index (χ3v) is 8.35. The third kappa shape index (κ3) is 4.27. The van der Waals surface area contributed by atoms with Gasteiger partial charge in [0.25, 0.3) is 5.91 Å². The van der Waals surface area contributed by atoms with Gasteiger partial charge in [0.15, 0.2) is 17.3 Å². The molecule has 3 aliphatic carbocycles. The first-order valence-electron chi connectivity index (χ1n) is 12.9. The van der Waals surface area contributed by atoms with Gasteiger partial charge in [0.2, 0.25) is 5.91 Å². The van der Waals surface area contributed by atoms with Crippen molar-refractivity contribution < 1.29 is 38.9 Å². The number of likely N-dealkylation sites (N-methyl/N-ethyl adjacent to an activating group) is 1. The Morgan fingerprint density at radius 1 is 1.15 bits per heavy atom. The molecule has 4 atom stereocenters. The first-order chi connectivity index (χ1) is 18.4. The second kappa shape index (κ2) is 9.76. The second-order valence-corrected chi connectivity index (χ2v) is 10.9. The number of allylic oxidation sites excluding steroid dienone is 1. The number of primary amides is 1. The molecule has 0 aromatic heterocycles. The summed E-state index contributed by atoms with van der Waals surface area (Å²) < 4.78 is 15.3. The number of halogens is 1. The van der Waals surface area contributed by atoms with E-state index in [0.717, 1.165) is 32.0 Å². The number of nitrogens with zero attached hydrogens (tertiary/aromatic N) is 2. The molecule has 11 nitrogen and oxygen atoms in total. The predicted molar refractivity (Wildman–Crippen MR) is 137 cm³/mol. The minimum atomic E-state index is -1.40. The molecular formula is C27H31FN4O7. The van der Waals surface area contributed by atoms with E-state index >= 15 is 4.39 Å². The van der Waals surface area contributed by atoms with Crippen LogP contribution in [0.5, 0.6) is 5.75 Å². The van der Waals surface area contributed by atoms with Crippen molar-refractivity contribution in [2.24, 2.45) is 23.5 Å². The number of carbonyl (C=O) groups is 4. The Hall–Kier alpha value is -3.77. The Kier molecular flexibility index (Phi) is 6.71. The molecule has 2 fully saturated rings. The zero-order valence-corrected chi connectivity index (χ0v) is 21.7. The van der Waals surface area contributed by atoms with Crippen LogP contribution in [-0.2, 0) is 25.6 Å². The molecule has 12 heteroatoms. The molecule has 208 valence electrons. The van der Waals surface area contributed by atoms with E-state index in [0.29, 0.717) is 0 Å². The number of benzene rings is 1. The highest BCUT2D eigenvalue weighted by molar-refractivity contribution is 6.28. The van der Waals surface area contributed by atoms with E-state index in [1.54, 1.807) is 19.0 Å². The van der Waals surface area contributed by atoms with Crippen molar-refractivity contribution in [1.29, 1.82) is 0 Å². The summed E-state index contributed by atoms with van der Waals surface area (Å²) in [6.45, 7) is 1.58. The second-order valence-electron chi connectivity index (χ2n) is 10.9. The minimum absolute atomic E-state index is 0.0244. The van der Waals surface area contributed by atoms with E-state index in [1.807, 2.05) is 4.90 Å². The van der Waals surface area contributed by atoms with Crippen molar-refractivity contribution >= 4 is 34.8 Å². The summed E-state index contributed by atoms with van der Waals surface area (Å²) in [5.41, 5.74) is 3.97. The Morgan fingerprint density at radius 2 is 1.82 bits per heavy atom. The van der Waals surface area contributed by atoms with Crippen LogP contribution >= 0.6 is 0 Å². The lowest BCUT2D eigenvalue weighted by atomic mass is 9.59. The Labute approximate surface area is 223 Å². The Balaban J connectivity index is 1.54. The maximum Gasteiger partial charge on any atom is 0.255 e. The molecule has 1 saturated carbocycles. The average molecular weight is 543 g/mol. The number of carbonyl (C=O) groups excluding carboxylic acids is 4. The van der Waals surface area contributed by atoms with Gasteiger partial charge in [0.05, 0.1) is 29.8 Å². The number of aliphatic hydroxyl groups is 2. The molecule has 0 radical (unpaired) electrons. The summed E-state index contributed by atoms with van der Waals surface area (Å²) in [5.74, 6) is -8.76. The standard InChI is InChI=1S/C27H31FN4O7/c1-31(2)21-13-8-11-7-12-14(28)9-15(30-16(33)10-32-5-3-4-6-32)22(34)18(12)23(35)17(11)24(36)19(13)25(37)20(26(21)38)27(29)39/h9,11,13,19,21,34-35,38H,3-8,10H2,1-2H3,(H2,29,39)(H,30,33)/t11-,13+,19?,21-/m0/s1. The summed E-state index contributed by atoms with van der Waals surface area (Å²) in [6.07, 6.45) is 2.00. The molecule has 1 aliphatic heterocycles. The third-order valence-electron chi connectivity index (χ3n) is 8.35. The summed E-state index contributed by atoms with van der Waals surface area (Å²) in [5, 5.41) is 35.5. The summed E-state index contributed by atoms with van der Waals surface area (Å²) >= 11 is 0. The molecule has 2 amide bonds. The van der Waals surface area contributed by atoms with Gasteiger partial charge in [-0.25, -0.2) is 4.39 Å². The van der Waals surface area contributed by atoms with E-state index in [9.17, 15) is 34.5 Å². The van der Waals surface area contributed by atoms with E-state index in [-0.39, 0.29) is 41.8 Å². The van der Waals surface area contributed by atoms with E-state index in [4.69, 9.17) is 5.73 Å². The highest BCUT2D eigenvalue weighted by atomic mass is 19.1. The van der Waals surface area contributed by atoms with Crippen LogP contribution in [-0.4, -0.2) is 88.3 Å². The first-order valence-corrected chi connectivity index (χ1v) is 12.9. The topological polar surface area (TPSA) is 174 Å². The Bertz CT molecular complexity index is 1360. The maximum atomic E-state index is 15.3. The van der Waals surface area contributed by atoms with Crippen molar-refractivity contribution in [3.8, 4) is 5.75 Å². The number of hydrogen-bond acceptors (Lipinski definition) is 9. The molecule has 1 unspecified atom stereocenters. The van der Waals surface area contributed by atoms with Gasteiger partial charge in [-0.3, -0.25) is 29.0 Å². The molecule has 5 rings (SSSR count). The molecular weight excluding hydrogens is 511 g/mol. The quantitative estimate of drug-likeness (QED) is 0.207. The molecule has 1 heterocycles. The number of phenols is 1. The van der Waals surface area contributed by atoms with Gasteiger partial charge in [-0.05, 0) is 64.7 Å². The number of likely N-dealkylation sites (tertiary alicyclic amines) is 1. The number of ketones is 2. The van der Waals surface area contributed by atoms with Crippen LogP contribution in [0.1, 0.15) is 30.4 Å². The molecule has 1 saturated heterocycles. The van der Waals surface area contributed by atoms with Gasteiger partial charge in [0.1, 0.15) is 22.9 Å². The van der Waals surface area contributed by atoms with Gasteiger partial charge in [-0.2, -0.15) is 0 Å². The number of aliphatic hydroxyl groups excluding tert-OH is 2. The van der Waals surface area contributed by atoms with Crippen molar-refractivity contribution in [3.05, 3.63) is 39.9 Å². The van der Waals surface area contributed by atoms with Gasteiger partial charge < -0.3 is 26.4 Å². The zero-order valence-electron chi connectivity index (χ0n) is 21.7. The highest BCUT2D eigenvalue weighted by Crippen LogP contribution is 2.51. The van der Waals surface area contributed by atoms with Gasteiger partial charge in [-0.1, -0.05) is 0 Å². The monoisotopic (exact) mass is 542 g/mol. The van der Waals surface area contributed by atoms with Crippen LogP contribution in [0.2, 0.25) is 0 Å². The lowest BCUT2D eigenvalue weighted by Crippen LogP contribution is -2.55. The number of aromatic hydroxyl groups is 1. The molecule has 1 aromatic carbocycles. The van der Waals surface area contributed by atoms with Crippen LogP contribution in [0.25, 0.3) is 5.76 Å². The van der Waals surface area contributed by atoms with Crippen LogP contribution in [0.3, 0.4) is 0 Å². The number of nitrogens with one attached hydrogen (secondary N) is 1.